The summed E-state index contributed by atoms with van der Waals surface area (Å²) in [5, 5.41) is 7.18. The molecule has 8 nitrogen and oxygen atoms in total. The van der Waals surface area contributed by atoms with Gasteiger partial charge in [-0.15, -0.1) is 0 Å². The minimum atomic E-state index is -0.636. The first-order chi connectivity index (χ1) is 17.8. The lowest BCUT2D eigenvalue weighted by atomic mass is 9.98. The zero-order valence-electron chi connectivity index (χ0n) is 20.2. The molecule has 1 aliphatic heterocycles. The van der Waals surface area contributed by atoms with Gasteiger partial charge in [-0.1, -0.05) is 0 Å². The number of rotatable bonds is 6. The van der Waals surface area contributed by atoms with Crippen LogP contribution in [-0.4, -0.2) is 42.8 Å². The third-order valence-electron chi connectivity index (χ3n) is 6.83. The van der Waals surface area contributed by atoms with Gasteiger partial charge >= 0.3 is 0 Å². The largest absolute Gasteiger partial charge is 0.334 e. The number of nitrogens with one attached hydrogen (secondary N) is 1. The molecular weight excluding hydrogens is 478 g/mol. The third kappa shape index (κ3) is 4.66. The predicted octanol–water partition coefficient (Wildman–Crippen LogP) is 4.18. The summed E-state index contributed by atoms with van der Waals surface area (Å²) in [4.78, 5) is 35.2. The minimum absolute atomic E-state index is 0.143. The molecule has 1 saturated carbocycles. The number of hydrogen-bond acceptors (Lipinski definition) is 5. The van der Waals surface area contributed by atoms with Gasteiger partial charge in [-0.25, -0.2) is 18.3 Å². The number of amides is 2. The summed E-state index contributed by atoms with van der Waals surface area (Å²) in [6.45, 7) is 1.97. The van der Waals surface area contributed by atoms with Crippen molar-refractivity contribution in [3.05, 3.63) is 76.7 Å². The highest BCUT2D eigenvalue weighted by atomic mass is 19.1. The summed E-state index contributed by atoms with van der Waals surface area (Å²) in [6.07, 6.45) is 6.50. The number of pyridine rings is 1. The van der Waals surface area contributed by atoms with Crippen molar-refractivity contribution in [1.82, 2.24) is 24.5 Å². The minimum Gasteiger partial charge on any atom is -0.334 e. The van der Waals surface area contributed by atoms with E-state index < -0.39 is 11.6 Å². The van der Waals surface area contributed by atoms with Crippen molar-refractivity contribution in [3.8, 4) is 11.3 Å². The van der Waals surface area contributed by atoms with E-state index in [-0.39, 0.29) is 18.4 Å². The molecular formula is C27H24F2N6O2. The van der Waals surface area contributed by atoms with Crippen LogP contribution < -0.4 is 5.32 Å². The maximum Gasteiger partial charge on any atom is 0.256 e. The molecule has 4 aromatic rings. The van der Waals surface area contributed by atoms with Gasteiger partial charge in [0.15, 0.2) is 11.5 Å². The van der Waals surface area contributed by atoms with Gasteiger partial charge in [-0.3, -0.25) is 14.6 Å². The van der Waals surface area contributed by atoms with Crippen molar-refractivity contribution in [3.63, 3.8) is 0 Å². The number of fused-ring (bicyclic) bond motifs is 2. The molecule has 0 radical (unpaired) electrons. The maximum absolute atomic E-state index is 14.6. The van der Waals surface area contributed by atoms with Crippen LogP contribution in [0.4, 0.5) is 14.6 Å². The van der Waals surface area contributed by atoms with Gasteiger partial charge in [-0.05, 0) is 60.6 Å². The Balaban J connectivity index is 1.28. The number of nitrogens with zero attached hydrogens (tertiary/aromatic N) is 5. The quantitative estimate of drug-likeness (QED) is 0.427. The van der Waals surface area contributed by atoms with Crippen LogP contribution in [-0.2, 0) is 24.2 Å². The van der Waals surface area contributed by atoms with Crippen LogP contribution in [0.5, 0.6) is 0 Å². The topological polar surface area (TPSA) is 92.5 Å². The van der Waals surface area contributed by atoms with Gasteiger partial charge in [0.1, 0.15) is 11.6 Å². The fourth-order valence-corrected chi connectivity index (χ4v) is 4.80. The van der Waals surface area contributed by atoms with Crippen LogP contribution in [0, 0.1) is 17.6 Å². The number of carbonyl (C=O) groups is 2. The smallest absolute Gasteiger partial charge is 0.256 e. The molecule has 1 aliphatic carbocycles. The molecule has 0 spiro atoms. The van der Waals surface area contributed by atoms with E-state index in [1.54, 1.807) is 40.0 Å². The van der Waals surface area contributed by atoms with E-state index in [0.717, 1.165) is 18.9 Å². The second-order valence-electron chi connectivity index (χ2n) is 9.70. The highest BCUT2D eigenvalue weighted by Gasteiger charge is 2.29. The molecule has 4 heterocycles. The molecule has 1 fully saturated rings. The Morgan fingerprint density at radius 1 is 1.19 bits per heavy atom. The van der Waals surface area contributed by atoms with E-state index in [2.05, 4.69) is 20.4 Å². The van der Waals surface area contributed by atoms with Crippen LogP contribution in [0.15, 0.2) is 42.7 Å². The van der Waals surface area contributed by atoms with Crippen molar-refractivity contribution in [1.29, 1.82) is 0 Å². The van der Waals surface area contributed by atoms with Gasteiger partial charge in [0.05, 0.1) is 23.1 Å². The molecule has 1 aromatic carbocycles. The summed E-state index contributed by atoms with van der Waals surface area (Å²) in [7, 11) is 0. The van der Waals surface area contributed by atoms with Crippen LogP contribution >= 0.6 is 0 Å². The van der Waals surface area contributed by atoms with E-state index in [0.29, 0.717) is 70.4 Å². The molecule has 0 bridgehead atoms. The summed E-state index contributed by atoms with van der Waals surface area (Å²) in [6, 6.07) is 7.56. The van der Waals surface area contributed by atoms with Crippen LogP contribution in [0.25, 0.3) is 16.9 Å². The summed E-state index contributed by atoms with van der Waals surface area (Å²) >= 11 is 0. The van der Waals surface area contributed by atoms with E-state index in [9.17, 15) is 18.4 Å². The van der Waals surface area contributed by atoms with Gasteiger partial charge in [0.2, 0.25) is 5.91 Å². The average molecular weight is 503 g/mol. The summed E-state index contributed by atoms with van der Waals surface area (Å²) < 4.78 is 30.2. The Kier molecular flexibility index (Phi) is 5.66. The predicted molar refractivity (Wildman–Crippen MR) is 132 cm³/mol. The second-order valence-corrected chi connectivity index (χ2v) is 9.70. The fourth-order valence-electron chi connectivity index (χ4n) is 4.80. The highest BCUT2D eigenvalue weighted by molar-refractivity contribution is 5.97. The van der Waals surface area contributed by atoms with Gasteiger partial charge in [0.25, 0.3) is 5.91 Å². The monoisotopic (exact) mass is 502 g/mol. The van der Waals surface area contributed by atoms with Crippen LogP contribution in [0.1, 0.15) is 46.9 Å². The number of benzene rings is 1. The van der Waals surface area contributed by atoms with Crippen molar-refractivity contribution in [2.24, 2.45) is 5.92 Å². The van der Waals surface area contributed by atoms with Crippen molar-refractivity contribution >= 4 is 23.3 Å². The molecule has 0 atom stereocenters. The Hall–Kier alpha value is -4.21. The summed E-state index contributed by atoms with van der Waals surface area (Å²) in [5.74, 6) is -0.818. The van der Waals surface area contributed by atoms with Crippen molar-refractivity contribution in [2.45, 2.75) is 39.2 Å². The number of imidazole rings is 1. The Morgan fingerprint density at radius 2 is 2.03 bits per heavy atom. The van der Waals surface area contributed by atoms with Gasteiger partial charge in [-0.2, -0.15) is 5.10 Å². The Bertz CT molecular complexity index is 1560. The first-order valence-corrected chi connectivity index (χ1v) is 12.2. The second kappa shape index (κ2) is 9.02. The molecule has 2 aliphatic rings. The Morgan fingerprint density at radius 3 is 2.81 bits per heavy atom. The van der Waals surface area contributed by atoms with Gasteiger partial charge in [0, 0.05) is 44.3 Å². The van der Waals surface area contributed by atoms with E-state index >= 15 is 0 Å². The molecule has 3 aromatic heterocycles. The number of anilines is 1. The van der Waals surface area contributed by atoms with Crippen LogP contribution in [0.2, 0.25) is 0 Å². The van der Waals surface area contributed by atoms with E-state index in [4.69, 9.17) is 0 Å². The molecule has 6 rings (SSSR count). The molecule has 37 heavy (non-hydrogen) atoms. The SMILES string of the molecule is CC(=O)Nc1cn2nc(-c3cnc4c(c3)C(=O)N(Cc3cc(F)cc(F)c3CC3CC3)CC4)ccc2n1. The lowest BCUT2D eigenvalue weighted by Gasteiger charge is -2.29. The third-order valence-corrected chi connectivity index (χ3v) is 6.83. The van der Waals surface area contributed by atoms with Crippen molar-refractivity contribution in [2.75, 3.05) is 11.9 Å². The number of aromatic nitrogens is 4. The van der Waals surface area contributed by atoms with Crippen LogP contribution in [0.3, 0.4) is 0 Å². The van der Waals surface area contributed by atoms with E-state index in [1.165, 1.54) is 13.0 Å². The standard InChI is InChI=1S/C27H24F2N6O2/c1-15(36)31-25-14-35-26(32-25)5-4-23(33-35)17-10-21-24(30-12-17)6-7-34(27(21)37)13-18-9-19(28)11-22(29)20(18)8-16-2-3-16/h4-5,9-12,14,16H,2-3,6-8,13H2,1H3,(H,31,36). The molecule has 1 N–H and O–H groups in total. The highest BCUT2D eigenvalue weighted by Crippen LogP contribution is 2.35. The first kappa shape index (κ1) is 23.2. The van der Waals surface area contributed by atoms with Crippen molar-refractivity contribution < 1.29 is 18.4 Å². The van der Waals surface area contributed by atoms with E-state index in [1.807, 2.05) is 0 Å². The molecule has 0 unspecified atom stereocenters. The molecule has 2 amide bonds. The Labute approximate surface area is 211 Å². The number of hydrogen-bond donors (Lipinski definition) is 1. The normalized spacial score (nSPS) is 15.2. The molecule has 0 saturated heterocycles. The average Bonchev–Trinajstić information content (AvgIpc) is 3.59. The number of carbonyl (C=O) groups excluding carboxylic acids is 2. The number of halogens is 2. The molecule has 10 heteroatoms. The maximum atomic E-state index is 14.6. The zero-order valence-corrected chi connectivity index (χ0v) is 20.2. The lowest BCUT2D eigenvalue weighted by molar-refractivity contribution is -0.114. The van der Waals surface area contributed by atoms with Gasteiger partial charge < -0.3 is 10.2 Å². The zero-order chi connectivity index (χ0) is 25.7. The summed E-state index contributed by atoms with van der Waals surface area (Å²) in [5.41, 5.74) is 3.96. The molecule has 188 valence electrons. The fraction of sp³-hybridized carbons (Fsp3) is 0.296. The lowest BCUT2D eigenvalue weighted by Crippen LogP contribution is -2.38. The first-order valence-electron chi connectivity index (χ1n) is 12.2.